The number of hydrogen-bond acceptors (Lipinski definition) is 4. The number of ether oxygens (including phenoxy) is 1. The van der Waals surface area contributed by atoms with E-state index in [1.54, 1.807) is 19.2 Å². The number of aryl methyl sites for hydroxylation is 1. The van der Waals surface area contributed by atoms with Crippen molar-refractivity contribution in [3.63, 3.8) is 0 Å². The average Bonchev–Trinajstić information content (AvgIpc) is 2.87. The van der Waals surface area contributed by atoms with Crippen molar-refractivity contribution >= 4 is 21.6 Å². The smallest absolute Gasteiger partial charge is 0.416 e. The summed E-state index contributed by atoms with van der Waals surface area (Å²) >= 11 is 0. The van der Waals surface area contributed by atoms with Crippen molar-refractivity contribution in [1.29, 1.82) is 0 Å². The number of benzene rings is 3. The van der Waals surface area contributed by atoms with E-state index in [2.05, 4.69) is 5.32 Å². The Hall–Kier alpha value is -3.53. The molecular weight excluding hydrogens is 493 g/mol. The lowest BCUT2D eigenvalue weighted by Crippen LogP contribution is -2.42. The number of methoxy groups -OCH3 is 1. The molecule has 0 heterocycles. The number of nitrogens with one attached hydrogen (secondary N) is 1. The summed E-state index contributed by atoms with van der Waals surface area (Å²) in [7, 11) is -2.76. The maximum absolute atomic E-state index is 13.4. The Morgan fingerprint density at radius 2 is 1.81 bits per heavy atom. The number of carbonyl (C=O) groups excluding carboxylic acids is 1. The van der Waals surface area contributed by atoms with Crippen molar-refractivity contribution in [1.82, 2.24) is 5.32 Å². The number of anilines is 1. The van der Waals surface area contributed by atoms with Crippen LogP contribution < -0.4 is 14.4 Å². The van der Waals surface area contributed by atoms with Gasteiger partial charge in [-0.1, -0.05) is 30.3 Å². The van der Waals surface area contributed by atoms with Crippen molar-refractivity contribution in [3.05, 3.63) is 89.5 Å². The normalized spacial score (nSPS) is 15.6. The summed E-state index contributed by atoms with van der Waals surface area (Å²) in [4.78, 5) is 13.0. The number of carbonyl (C=O) groups is 1. The van der Waals surface area contributed by atoms with E-state index >= 15 is 0 Å². The lowest BCUT2D eigenvalue weighted by molar-refractivity contribution is -0.137. The Bertz CT molecular complexity index is 1340. The van der Waals surface area contributed by atoms with Crippen molar-refractivity contribution in [2.24, 2.45) is 0 Å². The van der Waals surface area contributed by atoms with Crippen LogP contribution in [0.4, 0.5) is 18.9 Å². The first-order chi connectivity index (χ1) is 17.1. The minimum atomic E-state index is -4.67. The number of fused-ring (bicyclic) bond motifs is 1. The standard InChI is InChI=1S/C26H25F3N2O4S/c1-35-21-13-14-23-18(15-21)7-5-12-24(23)30-25(32)17-31(36(33,34)22-10-3-2-4-11-22)20-9-6-8-19(16-20)26(27,28)29/h2-4,6,8-11,13-16,24H,5,7,12,17H2,1H3,(H,30,32). The van der Waals surface area contributed by atoms with Crippen LogP contribution in [0.25, 0.3) is 0 Å². The van der Waals surface area contributed by atoms with Gasteiger partial charge in [0.25, 0.3) is 10.0 Å². The van der Waals surface area contributed by atoms with Crippen LogP contribution in [0.3, 0.4) is 0 Å². The molecule has 1 N–H and O–H groups in total. The van der Waals surface area contributed by atoms with Crippen LogP contribution in [0.5, 0.6) is 5.75 Å². The van der Waals surface area contributed by atoms with Gasteiger partial charge in [0.05, 0.1) is 29.3 Å². The number of amides is 1. The molecule has 0 spiro atoms. The SMILES string of the molecule is COc1ccc2c(c1)CCCC2NC(=O)CN(c1cccc(C(F)(F)F)c1)S(=O)(=O)c1ccccc1. The summed E-state index contributed by atoms with van der Waals surface area (Å²) in [6.45, 7) is -0.680. The third kappa shape index (κ3) is 5.48. The van der Waals surface area contributed by atoms with Crippen LogP contribution in [-0.4, -0.2) is 28.0 Å². The van der Waals surface area contributed by atoms with Gasteiger partial charge in [-0.15, -0.1) is 0 Å². The van der Waals surface area contributed by atoms with Gasteiger partial charge >= 0.3 is 6.18 Å². The molecule has 1 atom stereocenters. The molecule has 1 amide bonds. The molecule has 10 heteroatoms. The molecule has 1 unspecified atom stereocenters. The Morgan fingerprint density at radius 3 is 2.50 bits per heavy atom. The fraction of sp³-hybridized carbons (Fsp3) is 0.269. The van der Waals surface area contributed by atoms with E-state index in [1.165, 1.54) is 30.3 Å². The summed E-state index contributed by atoms with van der Waals surface area (Å²) in [5, 5.41) is 2.87. The third-order valence-electron chi connectivity index (χ3n) is 6.08. The van der Waals surface area contributed by atoms with Gasteiger partial charge in [0.2, 0.25) is 5.91 Å². The topological polar surface area (TPSA) is 75.7 Å². The Balaban J connectivity index is 1.65. The molecule has 1 aliphatic carbocycles. The van der Waals surface area contributed by atoms with Crippen LogP contribution in [-0.2, 0) is 27.4 Å². The van der Waals surface area contributed by atoms with Crippen molar-refractivity contribution in [3.8, 4) is 5.75 Å². The van der Waals surface area contributed by atoms with Gasteiger partial charge in [-0.3, -0.25) is 9.10 Å². The van der Waals surface area contributed by atoms with Crippen LogP contribution in [0, 0.1) is 0 Å². The number of hydrogen-bond donors (Lipinski definition) is 1. The molecule has 6 nitrogen and oxygen atoms in total. The minimum absolute atomic E-state index is 0.134. The fourth-order valence-electron chi connectivity index (χ4n) is 4.31. The van der Waals surface area contributed by atoms with Crippen LogP contribution in [0.2, 0.25) is 0 Å². The molecule has 3 aromatic rings. The summed E-state index contributed by atoms with van der Waals surface area (Å²) in [5.74, 6) is 0.0750. The second kappa shape index (κ2) is 10.2. The van der Waals surface area contributed by atoms with Gasteiger partial charge < -0.3 is 10.1 Å². The second-order valence-corrected chi connectivity index (χ2v) is 10.3. The highest BCUT2D eigenvalue weighted by Gasteiger charge is 2.33. The first-order valence-corrected chi connectivity index (χ1v) is 12.7. The summed E-state index contributed by atoms with van der Waals surface area (Å²) < 4.78 is 72.9. The largest absolute Gasteiger partial charge is 0.497 e. The second-order valence-electron chi connectivity index (χ2n) is 8.45. The van der Waals surface area contributed by atoms with E-state index in [0.717, 1.165) is 42.2 Å². The van der Waals surface area contributed by atoms with Gasteiger partial charge in [0, 0.05) is 0 Å². The maximum atomic E-state index is 13.4. The van der Waals surface area contributed by atoms with Crippen LogP contribution in [0.15, 0.2) is 77.7 Å². The molecule has 0 saturated heterocycles. The fourth-order valence-corrected chi connectivity index (χ4v) is 5.74. The molecule has 190 valence electrons. The lowest BCUT2D eigenvalue weighted by Gasteiger charge is -2.29. The van der Waals surface area contributed by atoms with Gasteiger partial charge in [-0.2, -0.15) is 13.2 Å². The summed E-state index contributed by atoms with van der Waals surface area (Å²) in [5.41, 5.74) is 0.672. The number of halogens is 3. The monoisotopic (exact) mass is 518 g/mol. The summed E-state index contributed by atoms with van der Waals surface area (Å²) in [6, 6.07) is 16.4. The molecule has 36 heavy (non-hydrogen) atoms. The predicted molar refractivity (Wildman–Crippen MR) is 129 cm³/mol. The van der Waals surface area contributed by atoms with Gasteiger partial charge in [-0.25, -0.2) is 8.42 Å². The zero-order valence-electron chi connectivity index (χ0n) is 19.5. The van der Waals surface area contributed by atoms with E-state index in [0.29, 0.717) is 16.5 Å². The highest BCUT2D eigenvalue weighted by molar-refractivity contribution is 7.92. The minimum Gasteiger partial charge on any atom is -0.497 e. The Labute approximate surface area is 207 Å². The molecule has 0 saturated carbocycles. The van der Waals surface area contributed by atoms with E-state index in [1.807, 2.05) is 12.1 Å². The molecule has 0 fully saturated rings. The van der Waals surface area contributed by atoms with Crippen LogP contribution in [0.1, 0.15) is 35.6 Å². The van der Waals surface area contributed by atoms with E-state index in [4.69, 9.17) is 4.74 Å². The van der Waals surface area contributed by atoms with Crippen LogP contribution >= 0.6 is 0 Å². The average molecular weight is 519 g/mol. The molecule has 1 aliphatic rings. The molecule has 4 rings (SSSR count). The first-order valence-electron chi connectivity index (χ1n) is 11.3. The highest BCUT2D eigenvalue weighted by atomic mass is 32.2. The molecule has 0 bridgehead atoms. The third-order valence-corrected chi connectivity index (χ3v) is 7.87. The molecule has 0 aromatic heterocycles. The Morgan fingerprint density at radius 1 is 1.06 bits per heavy atom. The zero-order valence-corrected chi connectivity index (χ0v) is 20.3. The predicted octanol–water partition coefficient (Wildman–Crippen LogP) is 5.10. The molecule has 0 aliphatic heterocycles. The van der Waals surface area contributed by atoms with Crippen molar-refractivity contribution in [2.75, 3.05) is 18.0 Å². The van der Waals surface area contributed by atoms with E-state index in [9.17, 15) is 26.4 Å². The van der Waals surface area contributed by atoms with Gasteiger partial charge in [-0.05, 0) is 72.9 Å². The van der Waals surface area contributed by atoms with Crippen molar-refractivity contribution in [2.45, 2.75) is 36.4 Å². The van der Waals surface area contributed by atoms with Crippen molar-refractivity contribution < 1.29 is 31.1 Å². The highest BCUT2D eigenvalue weighted by Crippen LogP contribution is 2.34. The number of rotatable bonds is 7. The van der Waals surface area contributed by atoms with Gasteiger partial charge in [0.1, 0.15) is 12.3 Å². The first kappa shape index (κ1) is 25.6. The van der Waals surface area contributed by atoms with Gasteiger partial charge in [0.15, 0.2) is 0 Å². The number of alkyl halides is 3. The number of sulfonamides is 1. The molecule has 0 radical (unpaired) electrons. The Kier molecular flexibility index (Phi) is 7.26. The maximum Gasteiger partial charge on any atom is 0.416 e. The van der Waals surface area contributed by atoms with E-state index in [-0.39, 0.29) is 16.6 Å². The zero-order chi connectivity index (χ0) is 25.9. The quantitative estimate of drug-likeness (QED) is 0.472. The molecular formula is C26H25F3N2O4S. The van der Waals surface area contributed by atoms with E-state index < -0.39 is 34.2 Å². The lowest BCUT2D eigenvalue weighted by atomic mass is 9.87. The molecule has 3 aromatic carbocycles. The summed E-state index contributed by atoms with van der Waals surface area (Å²) in [6.07, 6.45) is -2.39. The number of nitrogens with zero attached hydrogens (tertiary/aromatic N) is 1.